The highest BCUT2D eigenvalue weighted by atomic mass is 14.9. The lowest BCUT2D eigenvalue weighted by atomic mass is 10.2. The van der Waals surface area contributed by atoms with E-state index in [0.717, 1.165) is 25.2 Å². The molecule has 0 atom stereocenters. The second kappa shape index (κ2) is 4.26. The summed E-state index contributed by atoms with van der Waals surface area (Å²) >= 11 is 0. The van der Waals surface area contributed by atoms with Gasteiger partial charge in [0.2, 0.25) is 0 Å². The van der Waals surface area contributed by atoms with Gasteiger partial charge in [0.25, 0.3) is 0 Å². The molecule has 1 aromatic heterocycles. The van der Waals surface area contributed by atoms with Crippen LogP contribution in [0.2, 0.25) is 0 Å². The summed E-state index contributed by atoms with van der Waals surface area (Å²) in [7, 11) is 0. The monoisotopic (exact) mass is 167 g/mol. The summed E-state index contributed by atoms with van der Waals surface area (Å²) in [6.07, 6.45) is 3.95. The Morgan fingerprint density at radius 2 is 2.33 bits per heavy atom. The number of rotatable bonds is 4. The van der Waals surface area contributed by atoms with E-state index >= 15 is 0 Å². The third kappa shape index (κ3) is 2.34. The molecule has 0 aromatic carbocycles. The Hall–Kier alpha value is -0.830. The SMILES string of the molecule is CC(C)c1ncc(CCCN)[nH]1. The summed E-state index contributed by atoms with van der Waals surface area (Å²) in [5.74, 6) is 1.55. The molecule has 0 amide bonds. The number of nitrogens with zero attached hydrogens (tertiary/aromatic N) is 1. The van der Waals surface area contributed by atoms with Crippen LogP contribution in [-0.2, 0) is 6.42 Å². The Morgan fingerprint density at radius 1 is 1.58 bits per heavy atom. The third-order valence-electron chi connectivity index (χ3n) is 1.85. The fraction of sp³-hybridized carbons (Fsp3) is 0.667. The van der Waals surface area contributed by atoms with Gasteiger partial charge < -0.3 is 10.7 Å². The van der Waals surface area contributed by atoms with Crippen molar-refractivity contribution in [2.45, 2.75) is 32.6 Å². The van der Waals surface area contributed by atoms with Crippen molar-refractivity contribution >= 4 is 0 Å². The Balaban J connectivity index is 2.52. The maximum Gasteiger partial charge on any atom is 0.108 e. The molecule has 0 aliphatic carbocycles. The number of aryl methyl sites for hydroxylation is 1. The predicted molar refractivity (Wildman–Crippen MR) is 50.1 cm³/mol. The first kappa shape index (κ1) is 9.26. The van der Waals surface area contributed by atoms with Gasteiger partial charge in [-0.2, -0.15) is 0 Å². The molecule has 0 saturated heterocycles. The molecule has 12 heavy (non-hydrogen) atoms. The molecule has 3 heteroatoms. The summed E-state index contributed by atoms with van der Waals surface area (Å²) in [4.78, 5) is 7.55. The van der Waals surface area contributed by atoms with Gasteiger partial charge in [-0.1, -0.05) is 13.8 Å². The quantitative estimate of drug-likeness (QED) is 0.712. The van der Waals surface area contributed by atoms with Crippen molar-refractivity contribution in [1.82, 2.24) is 9.97 Å². The second-order valence-corrected chi connectivity index (χ2v) is 3.34. The lowest BCUT2D eigenvalue weighted by molar-refractivity contribution is 0.774. The molecule has 0 radical (unpaired) electrons. The molecule has 1 rings (SSSR count). The average Bonchev–Trinajstić information content (AvgIpc) is 2.48. The number of aromatic amines is 1. The van der Waals surface area contributed by atoms with Gasteiger partial charge in [-0.15, -0.1) is 0 Å². The largest absolute Gasteiger partial charge is 0.346 e. The van der Waals surface area contributed by atoms with Gasteiger partial charge >= 0.3 is 0 Å². The van der Waals surface area contributed by atoms with E-state index in [1.165, 1.54) is 5.69 Å². The number of nitrogens with two attached hydrogens (primary N) is 1. The van der Waals surface area contributed by atoms with E-state index in [1.807, 2.05) is 6.20 Å². The van der Waals surface area contributed by atoms with E-state index in [9.17, 15) is 0 Å². The number of nitrogens with one attached hydrogen (secondary N) is 1. The molecule has 0 bridgehead atoms. The van der Waals surface area contributed by atoms with Crippen LogP contribution in [0, 0.1) is 0 Å². The van der Waals surface area contributed by atoms with Gasteiger partial charge in [-0.25, -0.2) is 4.98 Å². The first-order valence-electron chi connectivity index (χ1n) is 4.48. The smallest absolute Gasteiger partial charge is 0.108 e. The number of hydrogen-bond acceptors (Lipinski definition) is 2. The van der Waals surface area contributed by atoms with Gasteiger partial charge in [0.1, 0.15) is 5.82 Å². The fourth-order valence-electron chi connectivity index (χ4n) is 1.09. The molecule has 0 fully saturated rings. The van der Waals surface area contributed by atoms with Gasteiger partial charge in [0.05, 0.1) is 0 Å². The predicted octanol–water partition coefficient (Wildman–Crippen LogP) is 1.42. The first-order chi connectivity index (χ1) is 5.74. The summed E-state index contributed by atoms with van der Waals surface area (Å²) in [6.45, 7) is 5.01. The maximum absolute atomic E-state index is 5.41. The molecule has 1 heterocycles. The lowest BCUT2D eigenvalue weighted by Gasteiger charge is -1.98. The Bertz CT molecular complexity index is 227. The molecular weight excluding hydrogens is 150 g/mol. The Kier molecular flexibility index (Phi) is 3.29. The van der Waals surface area contributed by atoms with Crippen molar-refractivity contribution in [2.24, 2.45) is 5.73 Å². The minimum absolute atomic E-state index is 0.483. The van der Waals surface area contributed by atoms with Gasteiger partial charge in [0.15, 0.2) is 0 Å². The summed E-state index contributed by atoms with van der Waals surface area (Å²) in [6, 6.07) is 0. The number of aromatic nitrogens is 2. The zero-order valence-electron chi connectivity index (χ0n) is 7.80. The van der Waals surface area contributed by atoms with Crippen molar-refractivity contribution in [3.63, 3.8) is 0 Å². The fourth-order valence-corrected chi connectivity index (χ4v) is 1.09. The van der Waals surface area contributed by atoms with Crippen LogP contribution in [0.3, 0.4) is 0 Å². The molecule has 68 valence electrons. The first-order valence-corrected chi connectivity index (χ1v) is 4.48. The van der Waals surface area contributed by atoms with Crippen LogP contribution in [0.5, 0.6) is 0 Å². The van der Waals surface area contributed by atoms with Gasteiger partial charge in [0, 0.05) is 17.8 Å². The molecule has 3 N–H and O–H groups in total. The van der Waals surface area contributed by atoms with Crippen LogP contribution < -0.4 is 5.73 Å². The van der Waals surface area contributed by atoms with Gasteiger partial charge in [-0.05, 0) is 19.4 Å². The molecule has 3 nitrogen and oxygen atoms in total. The van der Waals surface area contributed by atoms with Crippen molar-refractivity contribution in [1.29, 1.82) is 0 Å². The van der Waals surface area contributed by atoms with Gasteiger partial charge in [-0.3, -0.25) is 0 Å². The highest BCUT2D eigenvalue weighted by molar-refractivity contribution is 5.04. The Morgan fingerprint density at radius 3 is 2.83 bits per heavy atom. The molecule has 0 aliphatic rings. The molecule has 0 aliphatic heterocycles. The van der Waals surface area contributed by atoms with E-state index in [4.69, 9.17) is 5.73 Å². The Labute approximate surface area is 73.4 Å². The number of H-pyrrole nitrogens is 1. The zero-order valence-corrected chi connectivity index (χ0v) is 7.80. The van der Waals surface area contributed by atoms with Crippen LogP contribution in [0.4, 0.5) is 0 Å². The summed E-state index contributed by atoms with van der Waals surface area (Å²) in [5, 5.41) is 0. The van der Waals surface area contributed by atoms with Crippen molar-refractivity contribution in [2.75, 3.05) is 6.54 Å². The normalized spacial score (nSPS) is 11.0. The van der Waals surface area contributed by atoms with Crippen molar-refractivity contribution in [3.8, 4) is 0 Å². The molecule has 0 unspecified atom stereocenters. The number of hydrogen-bond donors (Lipinski definition) is 2. The third-order valence-corrected chi connectivity index (χ3v) is 1.85. The molecule has 1 aromatic rings. The second-order valence-electron chi connectivity index (χ2n) is 3.34. The van der Waals surface area contributed by atoms with E-state index in [0.29, 0.717) is 5.92 Å². The summed E-state index contributed by atoms with van der Waals surface area (Å²) < 4.78 is 0. The van der Waals surface area contributed by atoms with Crippen LogP contribution in [0.25, 0.3) is 0 Å². The van der Waals surface area contributed by atoms with Crippen LogP contribution in [-0.4, -0.2) is 16.5 Å². The van der Waals surface area contributed by atoms with E-state index in [2.05, 4.69) is 23.8 Å². The van der Waals surface area contributed by atoms with Crippen LogP contribution in [0.1, 0.15) is 37.7 Å². The highest BCUT2D eigenvalue weighted by Crippen LogP contribution is 2.10. The topological polar surface area (TPSA) is 54.7 Å². The van der Waals surface area contributed by atoms with E-state index in [1.54, 1.807) is 0 Å². The van der Waals surface area contributed by atoms with Crippen molar-refractivity contribution < 1.29 is 0 Å². The molecule has 0 saturated carbocycles. The minimum atomic E-state index is 0.483. The highest BCUT2D eigenvalue weighted by Gasteiger charge is 2.03. The van der Waals surface area contributed by atoms with E-state index in [-0.39, 0.29) is 0 Å². The molecule has 0 spiro atoms. The minimum Gasteiger partial charge on any atom is -0.346 e. The summed E-state index contributed by atoms with van der Waals surface area (Å²) in [5.41, 5.74) is 6.61. The lowest BCUT2D eigenvalue weighted by Crippen LogP contribution is -2.00. The van der Waals surface area contributed by atoms with Crippen LogP contribution >= 0.6 is 0 Å². The molecular formula is C9H17N3. The average molecular weight is 167 g/mol. The zero-order chi connectivity index (χ0) is 8.97. The van der Waals surface area contributed by atoms with E-state index < -0.39 is 0 Å². The number of imidazole rings is 1. The van der Waals surface area contributed by atoms with Crippen LogP contribution in [0.15, 0.2) is 6.20 Å². The van der Waals surface area contributed by atoms with Crippen molar-refractivity contribution in [3.05, 3.63) is 17.7 Å². The standard InChI is InChI=1S/C9H17N3/c1-7(2)9-11-6-8(12-9)4-3-5-10/h6-7H,3-5,10H2,1-2H3,(H,11,12). The maximum atomic E-state index is 5.41.